The maximum atomic E-state index is 12.1. The second kappa shape index (κ2) is 8.13. The Kier molecular flexibility index (Phi) is 5.66. The van der Waals surface area contributed by atoms with E-state index in [9.17, 15) is 15.0 Å². The minimum absolute atomic E-state index is 0.0253. The number of benzene rings is 2. The molecule has 1 saturated heterocycles. The van der Waals surface area contributed by atoms with Crippen molar-refractivity contribution < 1.29 is 19.7 Å². The summed E-state index contributed by atoms with van der Waals surface area (Å²) in [7, 11) is 0. The number of phenolic OH excluding ortho intramolecular Hbond substituents is 2. The molecule has 0 radical (unpaired) electrons. The number of aryl methyl sites for hydroxylation is 1. The van der Waals surface area contributed by atoms with Crippen molar-refractivity contribution in [3.63, 3.8) is 0 Å². The van der Waals surface area contributed by atoms with E-state index in [-0.39, 0.29) is 11.5 Å². The number of unbranched alkanes of at least 4 members (excludes halogenated alkanes) is 1. The molecule has 0 saturated carbocycles. The number of aromatic hydroxyl groups is 2. The fourth-order valence-electron chi connectivity index (χ4n) is 3.17. The summed E-state index contributed by atoms with van der Waals surface area (Å²) in [6, 6.07) is 11.1. The lowest BCUT2D eigenvalue weighted by molar-refractivity contribution is 0.161. The highest BCUT2D eigenvalue weighted by atomic mass is 16.6. The lowest BCUT2D eigenvalue weighted by Crippen LogP contribution is -2.30. The van der Waals surface area contributed by atoms with Crippen LogP contribution in [0.2, 0.25) is 0 Å². The molecule has 0 bridgehead atoms. The van der Waals surface area contributed by atoms with Crippen molar-refractivity contribution in [1.29, 1.82) is 0 Å². The number of amides is 1. The molecular weight excluding hydrogens is 330 g/mol. The van der Waals surface area contributed by atoms with Gasteiger partial charge in [-0.15, -0.1) is 0 Å². The van der Waals surface area contributed by atoms with Gasteiger partial charge in [0.15, 0.2) is 11.5 Å². The van der Waals surface area contributed by atoms with Gasteiger partial charge in [0.1, 0.15) is 0 Å². The quantitative estimate of drug-likeness (QED) is 0.763. The summed E-state index contributed by atoms with van der Waals surface area (Å²) in [5, 5.41) is 20.6. The molecule has 5 nitrogen and oxygen atoms in total. The number of carbonyl (C=O) groups excluding carboxylic acids is 1. The van der Waals surface area contributed by atoms with Crippen LogP contribution in [0.5, 0.6) is 17.2 Å². The zero-order valence-electron chi connectivity index (χ0n) is 15.1. The monoisotopic (exact) mass is 355 g/mol. The average molecular weight is 355 g/mol. The first-order valence-corrected chi connectivity index (χ1v) is 9.21. The minimum atomic E-state index is -0.495. The van der Waals surface area contributed by atoms with Crippen molar-refractivity contribution in [2.24, 2.45) is 0 Å². The van der Waals surface area contributed by atoms with Gasteiger partial charge in [-0.1, -0.05) is 37.6 Å². The second-order valence-electron chi connectivity index (χ2n) is 6.67. The van der Waals surface area contributed by atoms with Gasteiger partial charge < -0.3 is 19.8 Å². The van der Waals surface area contributed by atoms with E-state index in [0.717, 1.165) is 37.7 Å². The molecule has 26 heavy (non-hydrogen) atoms. The highest BCUT2D eigenvalue weighted by molar-refractivity contribution is 5.78. The maximum absolute atomic E-state index is 12.1. The van der Waals surface area contributed by atoms with Gasteiger partial charge in [0.2, 0.25) is 5.75 Å². The Morgan fingerprint density at radius 3 is 2.38 bits per heavy atom. The molecule has 1 fully saturated rings. The Hall–Kier alpha value is -2.69. The van der Waals surface area contributed by atoms with E-state index in [1.807, 2.05) is 24.3 Å². The van der Waals surface area contributed by atoms with Gasteiger partial charge in [-0.3, -0.25) is 0 Å². The largest absolute Gasteiger partial charge is 0.504 e. The lowest BCUT2D eigenvalue weighted by Gasteiger charge is -2.16. The molecule has 0 aliphatic carbocycles. The second-order valence-corrected chi connectivity index (χ2v) is 6.67. The zero-order valence-corrected chi connectivity index (χ0v) is 15.1. The Labute approximate surface area is 153 Å². The minimum Gasteiger partial charge on any atom is -0.504 e. The van der Waals surface area contributed by atoms with Crippen LogP contribution in [-0.2, 0) is 6.42 Å². The number of ether oxygens (including phenoxy) is 1. The van der Waals surface area contributed by atoms with Gasteiger partial charge in [0.25, 0.3) is 0 Å². The number of rotatable bonds is 5. The van der Waals surface area contributed by atoms with E-state index in [2.05, 4.69) is 6.92 Å². The van der Waals surface area contributed by atoms with Crippen LogP contribution >= 0.6 is 0 Å². The third-order valence-corrected chi connectivity index (χ3v) is 4.76. The standard InChI is InChI=1S/C21H25NO4/c1-2-3-6-15-7-9-16(10-8-15)17-11-12-18(20(24)19(17)23)26-21(25)22-13-4-5-14-22/h7-12,23-24H,2-6,13-14H2,1H3. The predicted octanol–water partition coefficient (Wildman–Crippen LogP) is 4.70. The molecule has 1 heterocycles. The molecule has 2 aromatic carbocycles. The summed E-state index contributed by atoms with van der Waals surface area (Å²) in [5.74, 6) is -0.717. The highest BCUT2D eigenvalue weighted by Gasteiger charge is 2.22. The van der Waals surface area contributed by atoms with Crippen molar-refractivity contribution in [2.75, 3.05) is 13.1 Å². The summed E-state index contributed by atoms with van der Waals surface area (Å²) in [6.45, 7) is 3.48. The summed E-state index contributed by atoms with van der Waals surface area (Å²) in [6.07, 6.45) is 4.74. The van der Waals surface area contributed by atoms with Crippen LogP contribution in [0.15, 0.2) is 36.4 Å². The molecule has 0 spiro atoms. The van der Waals surface area contributed by atoms with Gasteiger partial charge in [-0.25, -0.2) is 4.79 Å². The third-order valence-electron chi connectivity index (χ3n) is 4.76. The molecule has 2 N–H and O–H groups in total. The van der Waals surface area contributed by atoms with E-state index in [1.54, 1.807) is 11.0 Å². The van der Waals surface area contributed by atoms with Crippen LogP contribution in [0.4, 0.5) is 4.79 Å². The van der Waals surface area contributed by atoms with E-state index in [0.29, 0.717) is 18.7 Å². The van der Waals surface area contributed by atoms with E-state index in [4.69, 9.17) is 4.74 Å². The number of nitrogens with zero attached hydrogens (tertiary/aromatic N) is 1. The summed E-state index contributed by atoms with van der Waals surface area (Å²) in [5.41, 5.74) is 2.55. The molecule has 0 unspecified atom stereocenters. The summed E-state index contributed by atoms with van der Waals surface area (Å²) in [4.78, 5) is 13.7. The molecule has 0 atom stereocenters. The maximum Gasteiger partial charge on any atom is 0.415 e. The van der Waals surface area contributed by atoms with Gasteiger partial charge in [-0.2, -0.15) is 0 Å². The SMILES string of the molecule is CCCCc1ccc(-c2ccc(OC(=O)N3CCCC3)c(O)c2O)cc1. The Morgan fingerprint density at radius 2 is 1.73 bits per heavy atom. The van der Waals surface area contributed by atoms with Gasteiger partial charge in [0, 0.05) is 18.7 Å². The lowest BCUT2D eigenvalue weighted by atomic mass is 10.0. The third kappa shape index (κ3) is 3.93. The normalized spacial score (nSPS) is 13.8. The Morgan fingerprint density at radius 1 is 1.04 bits per heavy atom. The molecule has 3 rings (SSSR count). The van der Waals surface area contributed by atoms with E-state index < -0.39 is 11.8 Å². The number of carbonyl (C=O) groups is 1. The first-order chi connectivity index (χ1) is 12.6. The predicted molar refractivity (Wildman–Crippen MR) is 101 cm³/mol. The fourth-order valence-corrected chi connectivity index (χ4v) is 3.17. The van der Waals surface area contributed by atoms with Crippen molar-refractivity contribution in [3.05, 3.63) is 42.0 Å². The number of hydrogen-bond donors (Lipinski definition) is 2. The molecule has 1 amide bonds. The van der Waals surface area contributed by atoms with E-state index in [1.165, 1.54) is 11.6 Å². The summed E-state index contributed by atoms with van der Waals surface area (Å²) >= 11 is 0. The smallest absolute Gasteiger partial charge is 0.415 e. The van der Waals surface area contributed by atoms with Crippen LogP contribution in [-0.4, -0.2) is 34.3 Å². The average Bonchev–Trinajstić information content (AvgIpc) is 3.19. The fraction of sp³-hybridized carbons (Fsp3) is 0.381. The van der Waals surface area contributed by atoms with Crippen molar-refractivity contribution in [3.8, 4) is 28.4 Å². The van der Waals surface area contributed by atoms with Crippen LogP contribution < -0.4 is 4.74 Å². The van der Waals surface area contributed by atoms with Gasteiger partial charge >= 0.3 is 6.09 Å². The van der Waals surface area contributed by atoms with Gasteiger partial charge in [-0.05, 0) is 48.9 Å². The Bertz CT molecular complexity index is 764. The molecule has 5 heteroatoms. The number of likely N-dealkylation sites (tertiary alicyclic amines) is 1. The molecule has 1 aliphatic heterocycles. The van der Waals surface area contributed by atoms with Gasteiger partial charge in [0.05, 0.1) is 0 Å². The topological polar surface area (TPSA) is 70.0 Å². The van der Waals surface area contributed by atoms with Crippen LogP contribution in [0.1, 0.15) is 38.2 Å². The van der Waals surface area contributed by atoms with Crippen LogP contribution in [0.25, 0.3) is 11.1 Å². The van der Waals surface area contributed by atoms with Crippen molar-refractivity contribution in [1.82, 2.24) is 4.90 Å². The number of phenols is 2. The van der Waals surface area contributed by atoms with E-state index >= 15 is 0 Å². The Balaban J connectivity index is 1.77. The first-order valence-electron chi connectivity index (χ1n) is 9.21. The van der Waals surface area contributed by atoms with Crippen LogP contribution in [0, 0.1) is 0 Å². The van der Waals surface area contributed by atoms with Crippen molar-refractivity contribution in [2.45, 2.75) is 39.0 Å². The molecule has 0 aromatic heterocycles. The first kappa shape index (κ1) is 18.1. The molecular formula is C21H25NO4. The number of hydrogen-bond acceptors (Lipinski definition) is 4. The molecule has 1 aliphatic rings. The zero-order chi connectivity index (χ0) is 18.5. The molecule has 2 aromatic rings. The highest BCUT2D eigenvalue weighted by Crippen LogP contribution is 2.43. The summed E-state index contributed by atoms with van der Waals surface area (Å²) < 4.78 is 5.24. The van der Waals surface area contributed by atoms with Crippen LogP contribution in [0.3, 0.4) is 0 Å². The van der Waals surface area contributed by atoms with Crippen molar-refractivity contribution >= 4 is 6.09 Å². The molecule has 138 valence electrons.